The molecule has 0 radical (unpaired) electrons. The number of benzene rings is 2. The molecule has 178 valence electrons. The summed E-state index contributed by atoms with van der Waals surface area (Å²) in [5, 5.41) is 9.78. The molecule has 0 unspecified atom stereocenters. The molecule has 0 aliphatic carbocycles. The molecule has 0 spiro atoms. The number of anilines is 2. The van der Waals surface area contributed by atoms with Gasteiger partial charge in [0.1, 0.15) is 5.70 Å². The summed E-state index contributed by atoms with van der Waals surface area (Å²) in [7, 11) is -4.34. The quantitative estimate of drug-likeness (QED) is 0.205. The van der Waals surface area contributed by atoms with Crippen molar-refractivity contribution in [1.82, 2.24) is 4.90 Å². The van der Waals surface area contributed by atoms with E-state index in [0.717, 1.165) is 5.69 Å². The van der Waals surface area contributed by atoms with E-state index in [1.54, 1.807) is 58.4 Å². The first-order valence-corrected chi connectivity index (χ1v) is 12.5. The van der Waals surface area contributed by atoms with Crippen LogP contribution in [0.3, 0.4) is 0 Å². The fraction of sp³-hybridized carbons (Fsp3) is 0.217. The molecule has 0 bridgehead atoms. The zero-order valence-corrected chi connectivity index (χ0v) is 22.7. The molecule has 35 heavy (non-hydrogen) atoms. The molecule has 0 aromatic heterocycles. The molecular formula is C23H22N3NaO6S2. The van der Waals surface area contributed by atoms with Gasteiger partial charge in [-0.3, -0.25) is 9.69 Å². The average molecular weight is 524 g/mol. The van der Waals surface area contributed by atoms with Crippen molar-refractivity contribution in [1.29, 1.82) is 0 Å². The summed E-state index contributed by atoms with van der Waals surface area (Å²) < 4.78 is 39.0. The Balaban J connectivity index is 0.00000342. The van der Waals surface area contributed by atoms with Crippen LogP contribution in [0.2, 0.25) is 0 Å². The van der Waals surface area contributed by atoms with E-state index in [1.807, 2.05) is 18.2 Å². The van der Waals surface area contributed by atoms with Crippen molar-refractivity contribution in [2.45, 2.75) is 6.42 Å². The van der Waals surface area contributed by atoms with Gasteiger partial charge in [-0.15, -0.1) is 0 Å². The number of ether oxygens (including phenoxy) is 1. The Morgan fingerprint density at radius 2 is 1.69 bits per heavy atom. The van der Waals surface area contributed by atoms with Crippen LogP contribution in [0.4, 0.5) is 11.4 Å². The second-order valence-corrected chi connectivity index (χ2v) is 9.42. The summed E-state index contributed by atoms with van der Waals surface area (Å²) in [6.45, 7) is 0.160. The maximum Gasteiger partial charge on any atom is 1.00 e. The second kappa shape index (κ2) is 11.7. The maximum atomic E-state index is 13.3. The second-order valence-electron chi connectivity index (χ2n) is 7.53. The Kier molecular flexibility index (Phi) is 9.11. The Morgan fingerprint density at radius 3 is 2.37 bits per heavy atom. The minimum absolute atomic E-state index is 0. The number of carbonyl (C=O) groups is 1. The Hall–Kier alpha value is -2.25. The fourth-order valence-corrected chi connectivity index (χ4v) is 4.64. The zero-order valence-electron chi connectivity index (χ0n) is 19.0. The van der Waals surface area contributed by atoms with Crippen molar-refractivity contribution in [2.24, 2.45) is 0 Å². The van der Waals surface area contributed by atoms with Crippen LogP contribution in [0.25, 0.3) is 0 Å². The predicted octanol–water partition coefficient (Wildman–Crippen LogP) is -0.824. The van der Waals surface area contributed by atoms with Gasteiger partial charge in [-0.25, -0.2) is 8.42 Å². The van der Waals surface area contributed by atoms with Gasteiger partial charge < -0.3 is 24.2 Å². The van der Waals surface area contributed by atoms with Crippen molar-refractivity contribution in [3.8, 4) is 5.75 Å². The number of thiocarbonyl (C=S) groups is 1. The minimum Gasteiger partial charge on any atom is -0.748 e. The van der Waals surface area contributed by atoms with Gasteiger partial charge in [0.2, 0.25) is 5.88 Å². The van der Waals surface area contributed by atoms with E-state index in [1.165, 1.54) is 4.90 Å². The van der Waals surface area contributed by atoms with E-state index in [4.69, 9.17) is 17.0 Å². The van der Waals surface area contributed by atoms with Crippen molar-refractivity contribution in [3.63, 3.8) is 0 Å². The Morgan fingerprint density at radius 1 is 1.00 bits per heavy atom. The molecular weight excluding hydrogens is 501 g/mol. The summed E-state index contributed by atoms with van der Waals surface area (Å²) >= 11 is 5.51. The van der Waals surface area contributed by atoms with Crippen LogP contribution in [-0.2, 0) is 14.9 Å². The summed E-state index contributed by atoms with van der Waals surface area (Å²) in [5.74, 6) is 0.102. The number of hydrogen-bond acceptors (Lipinski definition) is 8. The molecule has 2 aromatic carbocycles. The van der Waals surface area contributed by atoms with E-state index in [2.05, 4.69) is 0 Å². The standard InChI is InChI=1S/C23H23N3O6S2.Na/c27-15-14-25-19(22(28)26(23(25)33)17-7-2-1-3-8-17)11-12-21-24(13-6-16-34(29,30)31)18-9-4-5-10-20(18)32-21;/h1-5,7-12,27H,6,13-16H2,(H,29,30,31);/q;+1/p-1/b19-11+,21-12+;. The van der Waals surface area contributed by atoms with Crippen LogP contribution in [0.5, 0.6) is 5.75 Å². The molecule has 1 amide bonds. The Bertz CT molecular complexity index is 1270. The normalized spacial score (nSPS) is 17.7. The molecule has 12 heteroatoms. The summed E-state index contributed by atoms with van der Waals surface area (Å²) in [6, 6.07) is 16.2. The first kappa shape index (κ1) is 27.3. The minimum atomic E-state index is -4.34. The zero-order chi connectivity index (χ0) is 24.3. The van der Waals surface area contributed by atoms with Crippen LogP contribution in [0, 0.1) is 0 Å². The number of aliphatic hydroxyl groups excluding tert-OH is 1. The third-order valence-corrected chi connectivity index (χ3v) is 6.46. The number of amides is 1. The molecule has 1 fully saturated rings. The molecule has 1 saturated heterocycles. The van der Waals surface area contributed by atoms with Gasteiger partial charge >= 0.3 is 29.6 Å². The Labute approximate surface area is 231 Å². The van der Waals surface area contributed by atoms with Crippen molar-refractivity contribution in [3.05, 3.63) is 78.3 Å². The third kappa shape index (κ3) is 6.12. The smallest absolute Gasteiger partial charge is 0.748 e. The van der Waals surface area contributed by atoms with Gasteiger partial charge in [0, 0.05) is 24.9 Å². The fourth-order valence-electron chi connectivity index (χ4n) is 3.78. The first-order chi connectivity index (χ1) is 16.3. The van der Waals surface area contributed by atoms with Gasteiger partial charge in [0.15, 0.2) is 10.9 Å². The largest absolute Gasteiger partial charge is 1.00 e. The number of aliphatic hydroxyl groups is 1. The number of para-hydroxylation sites is 3. The average Bonchev–Trinajstić information content (AvgIpc) is 3.27. The van der Waals surface area contributed by atoms with Gasteiger partial charge in [-0.05, 0) is 49.0 Å². The molecule has 2 heterocycles. The van der Waals surface area contributed by atoms with E-state index < -0.39 is 15.9 Å². The van der Waals surface area contributed by atoms with E-state index in [-0.39, 0.29) is 72.4 Å². The van der Waals surface area contributed by atoms with Crippen LogP contribution in [0.15, 0.2) is 78.3 Å². The van der Waals surface area contributed by atoms with E-state index in [9.17, 15) is 22.9 Å². The number of nitrogens with zero attached hydrogens (tertiary/aromatic N) is 3. The van der Waals surface area contributed by atoms with Crippen LogP contribution in [0.1, 0.15) is 6.42 Å². The van der Waals surface area contributed by atoms with Crippen molar-refractivity contribution >= 4 is 44.7 Å². The van der Waals surface area contributed by atoms with Crippen LogP contribution < -0.4 is 44.1 Å². The van der Waals surface area contributed by atoms with Crippen molar-refractivity contribution < 1.29 is 57.2 Å². The SMILES string of the molecule is O=C1/C(=C\C=C2\Oc3ccccc3N2CCCS(=O)(=O)[O-])N(CCO)C(=S)N1c1ccccc1.[Na+]. The third-order valence-electron chi connectivity index (χ3n) is 5.27. The molecule has 1 N–H and O–H groups in total. The van der Waals surface area contributed by atoms with Crippen LogP contribution >= 0.6 is 12.2 Å². The predicted molar refractivity (Wildman–Crippen MR) is 130 cm³/mol. The molecule has 0 atom stereocenters. The molecule has 2 aromatic rings. The summed E-state index contributed by atoms with van der Waals surface area (Å²) in [4.78, 5) is 18.0. The van der Waals surface area contributed by atoms with E-state index in [0.29, 0.717) is 17.3 Å². The van der Waals surface area contributed by atoms with Crippen molar-refractivity contribution in [2.75, 3.05) is 35.2 Å². The van der Waals surface area contributed by atoms with Gasteiger partial charge in [-0.2, -0.15) is 0 Å². The number of fused-ring (bicyclic) bond motifs is 1. The van der Waals surface area contributed by atoms with E-state index >= 15 is 0 Å². The van der Waals surface area contributed by atoms with Gasteiger partial charge in [0.05, 0.1) is 28.1 Å². The molecule has 4 rings (SSSR count). The number of β-amino-alcohol motifs (C(OH)–C–C–N with tert-alkyl or cyclic N) is 1. The van der Waals surface area contributed by atoms with Gasteiger partial charge in [-0.1, -0.05) is 30.3 Å². The summed E-state index contributed by atoms with van der Waals surface area (Å²) in [6.07, 6.45) is 3.27. The number of carbonyl (C=O) groups excluding carboxylic acids is 1. The molecule has 0 saturated carbocycles. The number of rotatable bonds is 8. The first-order valence-electron chi connectivity index (χ1n) is 10.5. The number of hydrogen-bond donors (Lipinski definition) is 1. The molecule has 9 nitrogen and oxygen atoms in total. The monoisotopic (exact) mass is 523 g/mol. The maximum absolute atomic E-state index is 13.3. The molecule has 2 aliphatic heterocycles. The van der Waals surface area contributed by atoms with Gasteiger partial charge in [0.25, 0.3) is 5.91 Å². The number of allylic oxidation sites excluding steroid dienone is 2. The summed E-state index contributed by atoms with van der Waals surface area (Å²) in [5.41, 5.74) is 1.60. The topological polar surface area (TPSA) is 113 Å². The van der Waals surface area contributed by atoms with Crippen LogP contribution in [-0.4, -0.2) is 59.4 Å². The molecule has 2 aliphatic rings.